The van der Waals surface area contributed by atoms with Crippen molar-refractivity contribution in [2.24, 2.45) is 0 Å². The van der Waals surface area contributed by atoms with Crippen LogP contribution in [0.1, 0.15) is 22.3 Å². The fourth-order valence-corrected chi connectivity index (χ4v) is 4.25. The third-order valence-electron chi connectivity index (χ3n) is 4.14. The quantitative estimate of drug-likeness (QED) is 0.561. The third-order valence-corrected chi connectivity index (χ3v) is 5.44. The maximum atomic E-state index is 12.9. The van der Waals surface area contributed by atoms with E-state index in [1.807, 2.05) is 30.3 Å². The van der Waals surface area contributed by atoms with E-state index in [2.05, 4.69) is 32.9 Å². The molecule has 0 aromatic heterocycles. The number of rotatable bonds is 3. The predicted octanol–water partition coefficient (Wildman–Crippen LogP) is 5.03. The van der Waals surface area contributed by atoms with Crippen LogP contribution in [0.4, 0.5) is 5.69 Å². The summed E-state index contributed by atoms with van der Waals surface area (Å²) >= 11 is 6.78. The Balaban J connectivity index is 1.96. The average Bonchev–Trinajstić information content (AvgIpc) is 2.85. The van der Waals surface area contributed by atoms with E-state index in [1.54, 1.807) is 12.0 Å². The molecule has 0 atom stereocenters. The zero-order valence-corrected chi connectivity index (χ0v) is 16.3. The first-order chi connectivity index (χ1) is 11.9. The molecule has 1 saturated heterocycles. The van der Waals surface area contributed by atoms with Gasteiger partial charge in [0.15, 0.2) is 4.32 Å². The number of thioether (sulfide) groups is 1. The summed E-state index contributed by atoms with van der Waals surface area (Å²) in [7, 11) is 1.61. The van der Waals surface area contributed by atoms with Gasteiger partial charge in [-0.15, -0.1) is 0 Å². The first-order valence-corrected chi connectivity index (χ1v) is 9.13. The zero-order chi connectivity index (χ0) is 18.1. The number of benzene rings is 2. The highest BCUT2D eigenvalue weighted by atomic mass is 32.2. The SMILES string of the molecule is COc1ccc(N2C(=O)/C(=C/c3c(C)cc(C)cc3C)SC2=S)cc1. The number of thiocarbonyl (C=S) groups is 1. The van der Waals surface area contributed by atoms with Gasteiger partial charge in [0.05, 0.1) is 17.7 Å². The van der Waals surface area contributed by atoms with Gasteiger partial charge in [-0.1, -0.05) is 41.7 Å². The molecule has 1 fully saturated rings. The van der Waals surface area contributed by atoms with Crippen LogP contribution in [-0.2, 0) is 4.79 Å². The molecular formula is C20H19NO2S2. The molecule has 1 amide bonds. The van der Waals surface area contributed by atoms with Crippen LogP contribution in [0, 0.1) is 20.8 Å². The summed E-state index contributed by atoms with van der Waals surface area (Å²) in [5.74, 6) is 0.662. The van der Waals surface area contributed by atoms with Crippen molar-refractivity contribution in [3.8, 4) is 5.75 Å². The van der Waals surface area contributed by atoms with Crippen molar-refractivity contribution in [3.63, 3.8) is 0 Å². The summed E-state index contributed by atoms with van der Waals surface area (Å²) in [5.41, 5.74) is 5.38. The van der Waals surface area contributed by atoms with Gasteiger partial charge in [0.2, 0.25) is 0 Å². The van der Waals surface area contributed by atoms with E-state index in [9.17, 15) is 4.79 Å². The van der Waals surface area contributed by atoms with Crippen LogP contribution in [-0.4, -0.2) is 17.3 Å². The largest absolute Gasteiger partial charge is 0.497 e. The number of ether oxygens (including phenoxy) is 1. The summed E-state index contributed by atoms with van der Waals surface area (Å²) in [6.45, 7) is 6.21. The van der Waals surface area contributed by atoms with E-state index in [-0.39, 0.29) is 5.91 Å². The van der Waals surface area contributed by atoms with Gasteiger partial charge in [0.1, 0.15) is 5.75 Å². The van der Waals surface area contributed by atoms with E-state index in [0.717, 1.165) is 28.1 Å². The average molecular weight is 370 g/mol. The number of hydrogen-bond acceptors (Lipinski definition) is 4. The van der Waals surface area contributed by atoms with Gasteiger partial charge in [-0.25, -0.2) is 0 Å². The number of amides is 1. The molecule has 5 heteroatoms. The van der Waals surface area contributed by atoms with Crippen LogP contribution in [0.5, 0.6) is 5.75 Å². The lowest BCUT2D eigenvalue weighted by Gasteiger charge is -2.14. The second-order valence-corrected chi connectivity index (χ2v) is 7.70. The second-order valence-electron chi connectivity index (χ2n) is 6.03. The molecule has 1 aliphatic heterocycles. The van der Waals surface area contributed by atoms with E-state index in [0.29, 0.717) is 9.23 Å². The Kier molecular flexibility index (Phi) is 4.97. The van der Waals surface area contributed by atoms with Crippen molar-refractivity contribution in [1.82, 2.24) is 0 Å². The van der Waals surface area contributed by atoms with Gasteiger partial charge in [0, 0.05) is 0 Å². The first-order valence-electron chi connectivity index (χ1n) is 7.90. The van der Waals surface area contributed by atoms with Gasteiger partial charge in [0.25, 0.3) is 5.91 Å². The molecule has 1 heterocycles. The van der Waals surface area contributed by atoms with Crippen LogP contribution in [0.3, 0.4) is 0 Å². The van der Waals surface area contributed by atoms with Crippen molar-refractivity contribution in [3.05, 3.63) is 63.6 Å². The topological polar surface area (TPSA) is 29.5 Å². The summed E-state index contributed by atoms with van der Waals surface area (Å²) in [4.78, 5) is 15.1. The third kappa shape index (κ3) is 3.48. The highest BCUT2D eigenvalue weighted by molar-refractivity contribution is 8.27. The Morgan fingerprint density at radius 1 is 1.08 bits per heavy atom. The standard InChI is InChI=1S/C20H19NO2S2/c1-12-9-13(2)17(14(3)10-12)11-18-19(22)21(20(24)25-18)15-5-7-16(23-4)8-6-15/h5-11H,1-4H3/b18-11-. The van der Waals surface area contributed by atoms with Gasteiger partial charge >= 0.3 is 0 Å². The van der Waals surface area contributed by atoms with E-state index in [1.165, 1.54) is 17.3 Å². The van der Waals surface area contributed by atoms with Crippen LogP contribution >= 0.6 is 24.0 Å². The summed E-state index contributed by atoms with van der Waals surface area (Å²) in [6, 6.07) is 11.6. The van der Waals surface area contributed by atoms with Crippen molar-refractivity contribution in [2.45, 2.75) is 20.8 Å². The lowest BCUT2D eigenvalue weighted by atomic mass is 9.99. The molecule has 0 unspecified atom stereocenters. The lowest BCUT2D eigenvalue weighted by Crippen LogP contribution is -2.27. The molecule has 0 bridgehead atoms. The molecule has 3 nitrogen and oxygen atoms in total. The van der Waals surface area contributed by atoms with Crippen molar-refractivity contribution in [1.29, 1.82) is 0 Å². The van der Waals surface area contributed by atoms with E-state index in [4.69, 9.17) is 17.0 Å². The molecule has 2 aromatic rings. The monoisotopic (exact) mass is 369 g/mol. The van der Waals surface area contributed by atoms with Gasteiger partial charge in [-0.2, -0.15) is 0 Å². The van der Waals surface area contributed by atoms with E-state index < -0.39 is 0 Å². The zero-order valence-electron chi connectivity index (χ0n) is 14.6. The molecule has 0 N–H and O–H groups in total. The van der Waals surface area contributed by atoms with Crippen LogP contribution in [0.15, 0.2) is 41.3 Å². The fraction of sp³-hybridized carbons (Fsp3) is 0.200. The predicted molar refractivity (Wildman–Crippen MR) is 109 cm³/mol. The number of methoxy groups -OCH3 is 1. The Bertz CT molecular complexity index is 862. The van der Waals surface area contributed by atoms with Gasteiger partial charge in [-0.3, -0.25) is 9.69 Å². The smallest absolute Gasteiger partial charge is 0.270 e. The Hall–Kier alpha value is -2.11. The molecule has 3 rings (SSSR count). The molecular weight excluding hydrogens is 350 g/mol. The van der Waals surface area contributed by atoms with E-state index >= 15 is 0 Å². The fourth-order valence-electron chi connectivity index (χ4n) is 2.97. The number of nitrogens with zero attached hydrogens (tertiary/aromatic N) is 1. The lowest BCUT2D eigenvalue weighted by molar-refractivity contribution is -0.113. The Labute approximate surface area is 157 Å². The van der Waals surface area contributed by atoms with Crippen LogP contribution in [0.2, 0.25) is 0 Å². The summed E-state index contributed by atoms with van der Waals surface area (Å²) in [6.07, 6.45) is 1.95. The Morgan fingerprint density at radius 3 is 2.24 bits per heavy atom. The van der Waals surface area contributed by atoms with Crippen molar-refractivity contribution >= 4 is 46.0 Å². The molecule has 25 heavy (non-hydrogen) atoms. The molecule has 0 radical (unpaired) electrons. The molecule has 0 aliphatic carbocycles. The van der Waals surface area contributed by atoms with Gasteiger partial charge < -0.3 is 4.74 Å². The number of carbonyl (C=O) groups excluding carboxylic acids is 1. The minimum absolute atomic E-state index is 0.0838. The van der Waals surface area contributed by atoms with Gasteiger partial charge in [-0.05, 0) is 67.8 Å². The molecule has 0 saturated carbocycles. The van der Waals surface area contributed by atoms with Crippen LogP contribution in [0.25, 0.3) is 6.08 Å². The Morgan fingerprint density at radius 2 is 1.68 bits per heavy atom. The highest BCUT2D eigenvalue weighted by Gasteiger charge is 2.33. The molecule has 2 aromatic carbocycles. The van der Waals surface area contributed by atoms with Crippen LogP contribution < -0.4 is 9.64 Å². The normalized spacial score (nSPS) is 16.0. The van der Waals surface area contributed by atoms with Crippen molar-refractivity contribution < 1.29 is 9.53 Å². The molecule has 128 valence electrons. The number of hydrogen-bond donors (Lipinski definition) is 0. The minimum Gasteiger partial charge on any atom is -0.497 e. The highest BCUT2D eigenvalue weighted by Crippen LogP contribution is 2.37. The first kappa shape index (κ1) is 17.7. The molecule has 0 spiro atoms. The number of carbonyl (C=O) groups is 1. The maximum Gasteiger partial charge on any atom is 0.270 e. The van der Waals surface area contributed by atoms with Crippen molar-refractivity contribution in [2.75, 3.05) is 12.0 Å². The maximum absolute atomic E-state index is 12.9. The summed E-state index contributed by atoms with van der Waals surface area (Å²) in [5, 5.41) is 0. The number of anilines is 1. The second kappa shape index (κ2) is 7.02. The molecule has 1 aliphatic rings. The number of aryl methyl sites for hydroxylation is 3. The minimum atomic E-state index is -0.0838. The summed E-state index contributed by atoms with van der Waals surface area (Å²) < 4.78 is 5.71.